The molecule has 1 aromatic heterocycles. The maximum Gasteiger partial charge on any atom is 0.321 e. The maximum atomic E-state index is 11.6. The minimum atomic E-state index is -1.12. The minimum Gasteiger partial charge on any atom is -0.480 e. The lowest BCUT2D eigenvalue weighted by atomic mass is 10.0. The Morgan fingerprint density at radius 3 is 2.22 bits per heavy atom. The number of thiazole rings is 1. The summed E-state index contributed by atoms with van der Waals surface area (Å²) >= 11 is 13.4. The van der Waals surface area contributed by atoms with Gasteiger partial charge in [-0.05, 0) is 30.5 Å². The van der Waals surface area contributed by atoms with E-state index in [1.165, 1.54) is 11.3 Å². The van der Waals surface area contributed by atoms with Crippen LogP contribution in [0.2, 0.25) is 10.0 Å². The number of aromatic nitrogens is 1. The summed E-state index contributed by atoms with van der Waals surface area (Å²) in [6.45, 7) is 3.77. The van der Waals surface area contributed by atoms with E-state index in [9.17, 15) is 19.8 Å². The lowest BCUT2D eigenvalue weighted by Gasteiger charge is -2.21. The number of nitrogens with one attached hydrogen (secondary N) is 1. The van der Waals surface area contributed by atoms with Crippen LogP contribution >= 0.6 is 34.5 Å². The Kier molecular flexibility index (Phi) is 7.61. The number of carboxylic acid groups (broad SMARTS) is 2. The van der Waals surface area contributed by atoms with Gasteiger partial charge in [0.1, 0.15) is 17.1 Å². The molecule has 3 N–H and O–H groups in total. The molecule has 1 aromatic carbocycles. The number of nitrogens with zero attached hydrogens (tertiary/aromatic N) is 1. The predicted octanol–water partition coefficient (Wildman–Crippen LogP) is 4.20. The van der Waals surface area contributed by atoms with Gasteiger partial charge in [-0.2, -0.15) is 0 Å². The van der Waals surface area contributed by atoms with E-state index >= 15 is 0 Å². The number of carboxylic acids is 2. The fraction of sp³-hybridized carbons (Fsp3) is 0.389. The summed E-state index contributed by atoms with van der Waals surface area (Å²) in [5.74, 6) is -2.07. The number of hydrogen-bond acceptors (Lipinski definition) is 5. The Bertz CT molecular complexity index is 805. The minimum absolute atomic E-state index is 0.0714. The molecule has 2 aromatic rings. The van der Waals surface area contributed by atoms with Gasteiger partial charge in [-0.1, -0.05) is 37.0 Å². The Morgan fingerprint density at radius 2 is 1.70 bits per heavy atom. The predicted molar refractivity (Wildman–Crippen MR) is 107 cm³/mol. The molecule has 0 spiro atoms. The van der Waals surface area contributed by atoms with Gasteiger partial charge in [0.05, 0.1) is 5.69 Å². The summed E-state index contributed by atoms with van der Waals surface area (Å²) in [5.41, 5.74) is 1.30. The van der Waals surface area contributed by atoms with Crippen molar-refractivity contribution in [3.63, 3.8) is 0 Å². The third-order valence-electron chi connectivity index (χ3n) is 3.78. The Balaban J connectivity index is 2.16. The molecule has 2 rings (SSSR count). The zero-order chi connectivity index (χ0) is 20.1. The van der Waals surface area contributed by atoms with E-state index in [1.807, 2.05) is 13.8 Å². The van der Waals surface area contributed by atoms with E-state index in [0.29, 0.717) is 27.2 Å². The van der Waals surface area contributed by atoms with Gasteiger partial charge in [0.25, 0.3) is 0 Å². The molecule has 27 heavy (non-hydrogen) atoms. The molecule has 0 aliphatic rings. The van der Waals surface area contributed by atoms with Gasteiger partial charge in [-0.15, -0.1) is 11.3 Å². The second-order valence-electron chi connectivity index (χ2n) is 6.58. The van der Waals surface area contributed by atoms with Crippen LogP contribution in [0.5, 0.6) is 0 Å². The maximum absolute atomic E-state index is 11.6. The molecule has 0 saturated heterocycles. The summed E-state index contributed by atoms with van der Waals surface area (Å²) in [5, 5.41) is 24.9. The molecule has 0 amide bonds. The quantitative estimate of drug-likeness (QED) is 0.550. The Labute approximate surface area is 171 Å². The fourth-order valence-electron chi connectivity index (χ4n) is 2.59. The smallest absolute Gasteiger partial charge is 0.321 e. The van der Waals surface area contributed by atoms with Crippen LogP contribution in [0.3, 0.4) is 0 Å². The number of rotatable bonds is 9. The van der Waals surface area contributed by atoms with Crippen molar-refractivity contribution in [2.24, 2.45) is 5.92 Å². The highest BCUT2D eigenvalue weighted by Gasteiger charge is 2.27. The molecule has 9 heteroatoms. The van der Waals surface area contributed by atoms with Crippen LogP contribution in [-0.2, 0) is 16.0 Å². The van der Waals surface area contributed by atoms with Crippen molar-refractivity contribution in [1.29, 1.82) is 0 Å². The Hall–Kier alpha value is -1.67. The van der Waals surface area contributed by atoms with Gasteiger partial charge >= 0.3 is 11.9 Å². The largest absolute Gasteiger partial charge is 0.480 e. The van der Waals surface area contributed by atoms with E-state index in [2.05, 4.69) is 10.3 Å². The molecule has 146 valence electrons. The lowest BCUT2D eigenvalue weighted by Crippen LogP contribution is -2.48. The normalized spacial score (nSPS) is 13.5. The van der Waals surface area contributed by atoms with E-state index in [0.717, 1.165) is 5.56 Å². The van der Waals surface area contributed by atoms with Crippen LogP contribution in [0.25, 0.3) is 10.6 Å². The van der Waals surface area contributed by atoms with Crippen molar-refractivity contribution in [3.8, 4) is 10.6 Å². The molecule has 0 saturated carbocycles. The van der Waals surface area contributed by atoms with E-state index in [-0.39, 0.29) is 12.3 Å². The molecule has 0 aliphatic carbocycles. The molecular formula is C18H20Cl2N2O4S. The Morgan fingerprint density at radius 1 is 1.11 bits per heavy atom. The summed E-state index contributed by atoms with van der Waals surface area (Å²) < 4.78 is 0. The topological polar surface area (TPSA) is 99.5 Å². The summed E-state index contributed by atoms with van der Waals surface area (Å²) in [4.78, 5) is 27.5. The third kappa shape index (κ3) is 6.46. The van der Waals surface area contributed by atoms with Gasteiger partial charge in [-0.25, -0.2) is 4.98 Å². The lowest BCUT2D eigenvalue weighted by molar-refractivity contribution is -0.142. The zero-order valence-electron chi connectivity index (χ0n) is 14.8. The first-order valence-corrected chi connectivity index (χ1v) is 9.91. The van der Waals surface area contributed by atoms with Gasteiger partial charge in [0.15, 0.2) is 0 Å². The van der Waals surface area contributed by atoms with Gasteiger partial charge in [-0.3, -0.25) is 14.9 Å². The van der Waals surface area contributed by atoms with Crippen LogP contribution in [0.4, 0.5) is 0 Å². The van der Waals surface area contributed by atoms with Gasteiger partial charge in [0, 0.05) is 27.4 Å². The fourth-order valence-corrected chi connectivity index (χ4v) is 3.94. The first kappa shape index (κ1) is 21.6. The molecule has 0 aliphatic heterocycles. The summed E-state index contributed by atoms with van der Waals surface area (Å²) in [6.07, 6.45) is 0.407. The zero-order valence-corrected chi connectivity index (χ0v) is 17.1. The highest BCUT2D eigenvalue weighted by Crippen LogP contribution is 2.29. The van der Waals surface area contributed by atoms with Crippen molar-refractivity contribution in [2.45, 2.75) is 38.8 Å². The average Bonchev–Trinajstić information content (AvgIpc) is 3.00. The van der Waals surface area contributed by atoms with Crippen LogP contribution in [0, 0.1) is 5.92 Å². The number of carbonyl (C=O) groups is 2. The van der Waals surface area contributed by atoms with Gasteiger partial charge < -0.3 is 10.2 Å². The van der Waals surface area contributed by atoms with Crippen molar-refractivity contribution < 1.29 is 19.8 Å². The van der Waals surface area contributed by atoms with Crippen molar-refractivity contribution in [2.75, 3.05) is 0 Å². The molecule has 0 bridgehead atoms. The molecule has 1 heterocycles. The van der Waals surface area contributed by atoms with Crippen molar-refractivity contribution >= 4 is 46.5 Å². The second-order valence-corrected chi connectivity index (χ2v) is 8.32. The SMILES string of the molecule is CC(C)CC(NC(Cc1csc(-c2cc(Cl)cc(Cl)c2)n1)C(=O)O)C(=O)O. The summed E-state index contributed by atoms with van der Waals surface area (Å²) in [7, 11) is 0. The van der Waals surface area contributed by atoms with Gasteiger partial charge in [0.2, 0.25) is 0 Å². The molecule has 2 atom stereocenters. The van der Waals surface area contributed by atoms with Crippen molar-refractivity contribution in [3.05, 3.63) is 39.3 Å². The molecule has 2 unspecified atom stereocenters. The van der Waals surface area contributed by atoms with Crippen LogP contribution in [0.1, 0.15) is 26.0 Å². The number of benzene rings is 1. The number of hydrogen-bond donors (Lipinski definition) is 3. The van der Waals surface area contributed by atoms with Crippen molar-refractivity contribution in [1.82, 2.24) is 10.3 Å². The molecule has 0 fully saturated rings. The van der Waals surface area contributed by atoms with Crippen LogP contribution < -0.4 is 5.32 Å². The molecule has 0 radical (unpaired) electrons. The number of aliphatic carboxylic acids is 2. The van der Waals surface area contributed by atoms with E-state index < -0.39 is 24.0 Å². The first-order chi connectivity index (χ1) is 12.7. The van der Waals surface area contributed by atoms with Crippen LogP contribution in [-0.4, -0.2) is 39.2 Å². The highest BCUT2D eigenvalue weighted by atomic mass is 35.5. The molecular weight excluding hydrogens is 411 g/mol. The van der Waals surface area contributed by atoms with Crippen LogP contribution in [0.15, 0.2) is 23.6 Å². The van der Waals surface area contributed by atoms with E-state index in [4.69, 9.17) is 23.2 Å². The summed E-state index contributed by atoms with van der Waals surface area (Å²) in [6, 6.07) is 3.09. The third-order valence-corrected chi connectivity index (χ3v) is 5.16. The second kappa shape index (κ2) is 9.50. The van der Waals surface area contributed by atoms with E-state index in [1.54, 1.807) is 23.6 Å². The standard InChI is InChI=1S/C18H20Cl2N2O4S/c1-9(2)3-14(17(23)24)22-15(18(25)26)7-13-8-27-16(21-13)10-4-11(19)6-12(20)5-10/h4-6,8-9,14-15,22H,3,7H2,1-2H3,(H,23,24)(H,25,26). The average molecular weight is 431 g/mol. The number of halogens is 2. The molecule has 6 nitrogen and oxygen atoms in total. The monoisotopic (exact) mass is 430 g/mol. The highest BCUT2D eigenvalue weighted by molar-refractivity contribution is 7.13. The first-order valence-electron chi connectivity index (χ1n) is 8.28.